The summed E-state index contributed by atoms with van der Waals surface area (Å²) in [7, 11) is 10.2. The minimum absolute atomic E-state index is 0.789. The maximum Gasteiger partial charge on any atom is 0.153 e. The van der Waals surface area contributed by atoms with Gasteiger partial charge in [-0.2, -0.15) is 11.3 Å². The highest BCUT2D eigenvalue weighted by Crippen LogP contribution is 2.29. The number of para-hydroxylation sites is 14. The fourth-order valence-electron chi connectivity index (χ4n) is 16.5. The summed E-state index contributed by atoms with van der Waals surface area (Å²) < 4.78 is 15.9. The Balaban J connectivity index is 0.000000106. The standard InChI is InChI=1S/C20H18N4.C20H17N3.C19H17N5.C18H16N4O.C18H16N4S.C18H16N4/c1-24-14-19(15-7-3-2-4-8-15)23-20(24)12-11-16-13-21-17-9-5-6-10-18(17)22-16;1-2-6-15(7-3-1)18-13-12-16(22-18)10-11-17-14-21-19-8-4-5-9-20(19)23-17;1-24-13-18(14-8-10-20-11-9-14)23-19(24)7-6-15-12-21-16-4-2-3-5-17(16)22-15;1-22-12-16(17-7-4-10-23-17)21-18(22)9-8-13-11-19-14-5-2-3-6-15(14)20-13;1-22-11-17(13-8-9-23-12-13)21-18(22)7-6-14-10-19-15-4-2-3-5-16(15)20-14;1-22-17-9-5-4-8-16(17)21-18(22)11-10-13-12-19-14-6-2-3-7-15(14)20-13/h2-10,13-14H,11-12H2,1H3;1-9,13-14H,10-12H2;2-5,8-13H,6-7H2,1H3;2-7,10-12H,8-9H2,1H3;2-5,8-12H,6-7H2,1H3;2-9,12H,10-11H2,1H3. The second kappa shape index (κ2) is 43.9. The number of allylic oxidation sites excluding steroid dienone is 1. The van der Waals surface area contributed by atoms with Crippen LogP contribution in [0.2, 0.25) is 0 Å². The zero-order chi connectivity index (χ0) is 94.4. The third-order valence-corrected chi connectivity index (χ3v) is 24.7. The summed E-state index contributed by atoms with van der Waals surface area (Å²) in [5.74, 6) is 6.04. The number of aliphatic imine (C=N–C) groups is 1. The van der Waals surface area contributed by atoms with Gasteiger partial charge in [0.1, 0.15) is 34.8 Å². The number of aryl methyl sites for hydroxylation is 16. The van der Waals surface area contributed by atoms with Crippen molar-refractivity contribution >= 4 is 100.0 Å². The van der Waals surface area contributed by atoms with E-state index in [9.17, 15) is 0 Å². The zero-order valence-electron chi connectivity index (χ0n) is 77.8. The Hall–Kier alpha value is -17.1. The number of nitrogens with zero attached hydrogens (tertiary/aromatic N) is 24. The molecule has 14 aromatic heterocycles. The number of fused-ring (bicyclic) bond motifs is 7. The summed E-state index contributed by atoms with van der Waals surface area (Å²) in [6.45, 7) is 0. The van der Waals surface area contributed by atoms with Crippen molar-refractivity contribution in [3.63, 3.8) is 0 Å². The summed E-state index contributed by atoms with van der Waals surface area (Å²) in [4.78, 5) is 87.3. The summed E-state index contributed by atoms with van der Waals surface area (Å²) in [6, 6.07) is 86.4. The molecular weight excluding hydrogens is 1740 g/mol. The van der Waals surface area contributed by atoms with Crippen molar-refractivity contribution in [2.45, 2.75) is 83.5 Å². The Labute approximate surface area is 807 Å². The molecule has 0 bridgehead atoms. The molecule has 0 atom stereocenters. The predicted molar refractivity (Wildman–Crippen MR) is 552 cm³/mol. The lowest BCUT2D eigenvalue weighted by molar-refractivity contribution is 0.580. The summed E-state index contributed by atoms with van der Waals surface area (Å²) in [5.41, 5.74) is 30.3. The van der Waals surface area contributed by atoms with E-state index in [-0.39, 0.29) is 0 Å². The van der Waals surface area contributed by atoms with Gasteiger partial charge in [0.05, 0.1) is 140 Å². The Morgan fingerprint density at radius 2 is 0.597 bits per heavy atom. The third kappa shape index (κ3) is 23.3. The first-order valence-electron chi connectivity index (χ1n) is 46.4. The monoisotopic (exact) mass is 1840 g/mol. The molecule has 0 saturated carbocycles. The molecule has 15 heterocycles. The molecule has 684 valence electrons. The Bertz CT molecular complexity index is 7830. The van der Waals surface area contributed by atoms with Crippen LogP contribution in [0.25, 0.3) is 128 Å². The molecule has 24 rings (SSSR count). The maximum absolute atomic E-state index is 5.40. The number of hydrogen-bond acceptors (Lipinski definition) is 21. The van der Waals surface area contributed by atoms with Crippen molar-refractivity contribution in [1.29, 1.82) is 0 Å². The fourth-order valence-corrected chi connectivity index (χ4v) is 17.1. The quantitative estimate of drug-likeness (QED) is 0.0575. The van der Waals surface area contributed by atoms with Crippen LogP contribution < -0.4 is 0 Å². The predicted octanol–water partition coefficient (Wildman–Crippen LogP) is 22.1. The van der Waals surface area contributed by atoms with Gasteiger partial charge in [-0.05, 0) is 171 Å². The van der Waals surface area contributed by atoms with Gasteiger partial charge >= 0.3 is 0 Å². The second-order valence-electron chi connectivity index (χ2n) is 33.7. The molecule has 0 radical (unpaired) electrons. The van der Waals surface area contributed by atoms with Crippen LogP contribution in [-0.2, 0) is 106 Å². The third-order valence-electron chi connectivity index (χ3n) is 24.0. The molecule has 0 fully saturated rings. The summed E-state index contributed by atoms with van der Waals surface area (Å²) in [6.07, 6.45) is 37.9. The van der Waals surface area contributed by atoms with Crippen LogP contribution in [0, 0.1) is 0 Å². The number of rotatable bonds is 23. The van der Waals surface area contributed by atoms with Crippen LogP contribution >= 0.6 is 11.3 Å². The van der Waals surface area contributed by atoms with Crippen LogP contribution in [0.5, 0.6) is 0 Å². The Morgan fingerprint density at radius 1 is 0.273 bits per heavy atom. The van der Waals surface area contributed by atoms with Gasteiger partial charge in [0.15, 0.2) is 5.76 Å². The van der Waals surface area contributed by atoms with Crippen LogP contribution in [0.4, 0.5) is 0 Å². The number of aromatic nitrogens is 23. The van der Waals surface area contributed by atoms with Gasteiger partial charge in [0.2, 0.25) is 0 Å². The highest BCUT2D eigenvalue weighted by atomic mass is 32.1. The molecule has 23 aromatic rings. The number of furan rings is 1. The molecule has 1 aliphatic rings. The maximum atomic E-state index is 5.40. The van der Waals surface area contributed by atoms with E-state index in [0.29, 0.717) is 0 Å². The number of pyridine rings is 1. The largest absolute Gasteiger partial charge is 0.463 e. The average Bonchev–Trinajstić information content (AvgIpc) is 1.63. The van der Waals surface area contributed by atoms with E-state index in [2.05, 4.69) is 173 Å². The van der Waals surface area contributed by atoms with Gasteiger partial charge < -0.3 is 27.3 Å². The van der Waals surface area contributed by atoms with Crippen molar-refractivity contribution in [3.8, 4) is 45.2 Å². The van der Waals surface area contributed by atoms with E-state index in [1.807, 2.05) is 295 Å². The first-order chi connectivity index (χ1) is 68.4. The molecule has 0 saturated heterocycles. The van der Waals surface area contributed by atoms with Crippen LogP contribution in [-0.4, -0.2) is 118 Å². The average molecular weight is 1840 g/mol. The molecule has 9 aromatic carbocycles. The second-order valence-corrected chi connectivity index (χ2v) is 34.5. The van der Waals surface area contributed by atoms with Crippen LogP contribution in [0.1, 0.15) is 81.7 Å². The smallest absolute Gasteiger partial charge is 0.153 e. The van der Waals surface area contributed by atoms with Crippen molar-refractivity contribution in [2.75, 3.05) is 0 Å². The van der Waals surface area contributed by atoms with Crippen LogP contribution in [0.3, 0.4) is 0 Å². The summed E-state index contributed by atoms with van der Waals surface area (Å²) >= 11 is 1.69. The molecular formula is C113H100N24OS. The molecule has 0 amide bonds. The van der Waals surface area contributed by atoms with Gasteiger partial charge in [-0.3, -0.25) is 39.9 Å². The molecule has 0 spiro atoms. The Kier molecular flexibility index (Phi) is 28.8. The SMILES string of the molecule is C1=C(c2ccccc2)N=C(CCc2cnc3ccccc3n2)C1.Cn1c(CCc2cnc3ccccc3n2)nc2ccccc21.Cn1cc(-c2ccccc2)nc1CCc1cnc2ccccc2n1.Cn1cc(-c2ccco2)nc1CCc1cnc2ccccc2n1.Cn1cc(-c2ccncc2)nc1CCc1cnc2ccccc2n1.Cn1cc(-c2ccsc2)nc1CCc1cnc2ccccc2n1. The fraction of sp³-hybridized carbons (Fsp3) is 0.159. The molecule has 26 heteroatoms. The molecule has 1 aliphatic heterocycles. The van der Waals surface area contributed by atoms with Crippen LogP contribution in [0.15, 0.2) is 368 Å². The number of hydrogen-bond donors (Lipinski definition) is 0. The first-order valence-corrected chi connectivity index (χ1v) is 47.4. The minimum Gasteiger partial charge on any atom is -0.463 e. The number of imidazole rings is 5. The topological polar surface area (TPSA) is 282 Å². The van der Waals surface area contributed by atoms with Crippen molar-refractivity contribution in [1.82, 2.24) is 113 Å². The van der Waals surface area contributed by atoms with Gasteiger partial charge in [-0.15, -0.1) is 0 Å². The molecule has 0 unspecified atom stereocenters. The molecule has 0 aliphatic carbocycles. The molecule has 25 nitrogen and oxygen atoms in total. The van der Waals surface area contributed by atoms with E-state index in [0.717, 1.165) is 264 Å². The normalized spacial score (nSPS) is 11.6. The minimum atomic E-state index is 0.789. The van der Waals surface area contributed by atoms with Crippen molar-refractivity contribution in [3.05, 3.63) is 427 Å². The van der Waals surface area contributed by atoms with Gasteiger partial charge in [0, 0.05) is 176 Å². The lowest BCUT2D eigenvalue weighted by atomic mass is 10.1. The summed E-state index contributed by atoms with van der Waals surface area (Å²) in [5, 5.41) is 4.20. The van der Waals surface area contributed by atoms with Gasteiger partial charge in [-0.25, -0.2) is 54.8 Å². The highest BCUT2D eigenvalue weighted by Gasteiger charge is 2.18. The van der Waals surface area contributed by atoms with Gasteiger partial charge in [-0.1, -0.05) is 152 Å². The highest BCUT2D eigenvalue weighted by molar-refractivity contribution is 7.08. The van der Waals surface area contributed by atoms with Crippen molar-refractivity contribution in [2.24, 2.45) is 40.2 Å². The Morgan fingerprint density at radius 3 is 0.964 bits per heavy atom. The van der Waals surface area contributed by atoms with Crippen molar-refractivity contribution < 1.29 is 4.42 Å². The van der Waals surface area contributed by atoms with Gasteiger partial charge in [0.25, 0.3) is 0 Å². The lowest BCUT2D eigenvalue weighted by Crippen LogP contribution is -2.02. The number of benzene rings is 9. The van der Waals surface area contributed by atoms with E-state index in [1.165, 1.54) is 22.4 Å². The van der Waals surface area contributed by atoms with E-state index in [4.69, 9.17) is 29.3 Å². The zero-order valence-corrected chi connectivity index (χ0v) is 78.6. The molecule has 0 N–H and O–H groups in total. The van der Waals surface area contributed by atoms with E-state index < -0.39 is 0 Å². The van der Waals surface area contributed by atoms with E-state index in [1.54, 1.807) is 30.0 Å². The lowest BCUT2D eigenvalue weighted by Gasteiger charge is -2.03. The first kappa shape index (κ1) is 91.0. The van der Waals surface area contributed by atoms with E-state index >= 15 is 0 Å². The number of thiophene rings is 1. The molecule has 139 heavy (non-hydrogen) atoms.